The number of rotatable bonds is 4. The summed E-state index contributed by atoms with van der Waals surface area (Å²) < 4.78 is 0. The second-order valence-electron chi connectivity index (χ2n) is 4.43. The van der Waals surface area contributed by atoms with Gasteiger partial charge in [0.1, 0.15) is 0 Å². The highest BCUT2D eigenvalue weighted by atomic mass is 16.3. The first-order valence-corrected chi connectivity index (χ1v) is 6.28. The summed E-state index contributed by atoms with van der Waals surface area (Å²) in [5.74, 6) is -0.255. The first-order valence-electron chi connectivity index (χ1n) is 6.28. The van der Waals surface area contributed by atoms with E-state index in [0.29, 0.717) is 11.3 Å². The van der Waals surface area contributed by atoms with Crippen molar-refractivity contribution in [3.63, 3.8) is 0 Å². The molecule has 20 heavy (non-hydrogen) atoms. The van der Waals surface area contributed by atoms with Crippen molar-refractivity contribution >= 4 is 17.7 Å². The van der Waals surface area contributed by atoms with Gasteiger partial charge in [-0.1, -0.05) is 29.8 Å². The average Bonchev–Trinajstić information content (AvgIpc) is 2.46. The van der Waals surface area contributed by atoms with Crippen molar-refractivity contribution in [3.05, 3.63) is 65.5 Å². The molecule has 0 fully saturated rings. The minimum Gasteiger partial charge on any atom is -0.392 e. The van der Waals surface area contributed by atoms with E-state index in [4.69, 9.17) is 0 Å². The van der Waals surface area contributed by atoms with Crippen molar-refractivity contribution in [2.24, 2.45) is 0 Å². The Bertz CT molecular complexity index is 636. The molecule has 0 unspecified atom stereocenters. The Morgan fingerprint density at radius 2 is 2.25 bits per heavy atom. The number of hydrogen-bond acceptors (Lipinski definition) is 3. The van der Waals surface area contributed by atoms with Crippen molar-refractivity contribution < 1.29 is 9.90 Å². The van der Waals surface area contributed by atoms with E-state index in [-0.39, 0.29) is 12.5 Å². The maximum Gasteiger partial charge on any atom is 0.248 e. The lowest BCUT2D eigenvalue weighted by atomic mass is 10.1. The number of carbonyl (C=O) groups excluding carboxylic acids is 1. The van der Waals surface area contributed by atoms with E-state index in [0.717, 1.165) is 11.1 Å². The van der Waals surface area contributed by atoms with Gasteiger partial charge in [-0.05, 0) is 24.6 Å². The van der Waals surface area contributed by atoms with Gasteiger partial charge in [-0.3, -0.25) is 9.78 Å². The first-order chi connectivity index (χ1) is 9.69. The number of nitrogens with one attached hydrogen (secondary N) is 1. The lowest BCUT2D eigenvalue weighted by Gasteiger charge is -2.06. The van der Waals surface area contributed by atoms with Gasteiger partial charge >= 0.3 is 0 Å². The molecule has 0 atom stereocenters. The molecule has 0 aliphatic heterocycles. The summed E-state index contributed by atoms with van der Waals surface area (Å²) >= 11 is 0. The molecular formula is C16H16N2O2. The van der Waals surface area contributed by atoms with Gasteiger partial charge in [-0.2, -0.15) is 0 Å². The fourth-order valence-electron chi connectivity index (χ4n) is 1.79. The van der Waals surface area contributed by atoms with Gasteiger partial charge in [0.05, 0.1) is 18.5 Å². The fraction of sp³-hybridized carbons (Fsp3) is 0.125. The summed E-state index contributed by atoms with van der Waals surface area (Å²) in [6.07, 6.45) is 6.30. The van der Waals surface area contributed by atoms with Gasteiger partial charge in [0.2, 0.25) is 5.91 Å². The molecule has 1 amide bonds. The molecule has 4 heteroatoms. The van der Waals surface area contributed by atoms with E-state index in [2.05, 4.69) is 10.3 Å². The molecule has 1 heterocycles. The Morgan fingerprint density at radius 3 is 3.00 bits per heavy atom. The summed E-state index contributed by atoms with van der Waals surface area (Å²) in [4.78, 5) is 15.8. The number of hydrogen-bond donors (Lipinski definition) is 2. The molecule has 0 aliphatic rings. The van der Waals surface area contributed by atoms with Crippen molar-refractivity contribution in [1.82, 2.24) is 4.98 Å². The summed E-state index contributed by atoms with van der Waals surface area (Å²) in [5, 5.41) is 11.9. The van der Waals surface area contributed by atoms with E-state index in [1.54, 1.807) is 18.3 Å². The average molecular weight is 268 g/mol. The largest absolute Gasteiger partial charge is 0.392 e. The molecule has 2 N–H and O–H groups in total. The third-order valence-corrected chi connectivity index (χ3v) is 2.81. The van der Waals surface area contributed by atoms with E-state index in [9.17, 15) is 9.90 Å². The van der Waals surface area contributed by atoms with Gasteiger partial charge in [-0.25, -0.2) is 0 Å². The third kappa shape index (κ3) is 3.76. The smallest absolute Gasteiger partial charge is 0.248 e. The highest BCUT2D eigenvalue weighted by molar-refractivity contribution is 6.02. The van der Waals surface area contributed by atoms with Crippen LogP contribution in [-0.4, -0.2) is 16.0 Å². The molecular weight excluding hydrogens is 252 g/mol. The zero-order valence-corrected chi connectivity index (χ0v) is 11.2. The van der Waals surface area contributed by atoms with Crippen LogP contribution in [0.2, 0.25) is 0 Å². The number of nitrogens with zero attached hydrogens (tertiary/aromatic N) is 1. The van der Waals surface area contributed by atoms with Gasteiger partial charge in [0.15, 0.2) is 0 Å². The van der Waals surface area contributed by atoms with E-state index >= 15 is 0 Å². The van der Waals surface area contributed by atoms with Crippen molar-refractivity contribution in [2.45, 2.75) is 13.5 Å². The normalized spacial score (nSPS) is 10.7. The van der Waals surface area contributed by atoms with Gasteiger partial charge in [0, 0.05) is 17.8 Å². The number of aromatic nitrogens is 1. The molecule has 0 spiro atoms. The molecule has 1 aromatic carbocycles. The zero-order chi connectivity index (χ0) is 14.4. The summed E-state index contributed by atoms with van der Waals surface area (Å²) in [5.41, 5.74) is 3.27. The number of benzene rings is 1. The monoisotopic (exact) mass is 268 g/mol. The van der Waals surface area contributed by atoms with Gasteiger partial charge in [-0.15, -0.1) is 0 Å². The molecule has 2 rings (SSSR count). The van der Waals surface area contributed by atoms with Crippen molar-refractivity contribution in [3.8, 4) is 0 Å². The minimum atomic E-state index is -0.255. The summed E-state index contributed by atoms with van der Waals surface area (Å²) in [6, 6.07) is 9.53. The number of amides is 1. The minimum absolute atomic E-state index is 0.139. The molecule has 0 saturated heterocycles. The molecule has 1 aromatic heterocycles. The fourth-order valence-corrected chi connectivity index (χ4v) is 1.79. The third-order valence-electron chi connectivity index (χ3n) is 2.81. The molecule has 2 aromatic rings. The van der Waals surface area contributed by atoms with Gasteiger partial charge < -0.3 is 10.4 Å². The van der Waals surface area contributed by atoms with Crippen LogP contribution in [0.5, 0.6) is 0 Å². The Morgan fingerprint density at radius 1 is 1.40 bits per heavy atom. The van der Waals surface area contributed by atoms with Crippen LogP contribution in [0.15, 0.2) is 48.8 Å². The second kappa shape index (κ2) is 6.63. The molecule has 0 bridgehead atoms. The van der Waals surface area contributed by atoms with Crippen LogP contribution < -0.4 is 5.32 Å². The van der Waals surface area contributed by atoms with Crippen LogP contribution in [0.3, 0.4) is 0 Å². The second-order valence-corrected chi connectivity index (χ2v) is 4.43. The number of anilines is 1. The predicted octanol–water partition coefficient (Wildman–Crippen LogP) is 2.53. The van der Waals surface area contributed by atoms with E-state index in [1.165, 1.54) is 12.3 Å². The highest BCUT2D eigenvalue weighted by Gasteiger charge is 2.03. The lowest BCUT2D eigenvalue weighted by Crippen LogP contribution is -2.10. The van der Waals surface area contributed by atoms with Crippen LogP contribution >= 0.6 is 0 Å². The Balaban J connectivity index is 2.06. The van der Waals surface area contributed by atoms with Crippen LogP contribution in [0.1, 0.15) is 16.7 Å². The zero-order valence-electron chi connectivity index (χ0n) is 11.2. The topological polar surface area (TPSA) is 62.2 Å². The summed E-state index contributed by atoms with van der Waals surface area (Å²) in [6.45, 7) is 1.86. The number of pyridine rings is 1. The molecule has 0 saturated carbocycles. The van der Waals surface area contributed by atoms with E-state index < -0.39 is 0 Å². The van der Waals surface area contributed by atoms with Crippen LogP contribution in [0.4, 0.5) is 5.69 Å². The molecule has 4 nitrogen and oxygen atoms in total. The number of aliphatic hydroxyl groups is 1. The lowest BCUT2D eigenvalue weighted by molar-refractivity contribution is -0.111. The van der Waals surface area contributed by atoms with Crippen LogP contribution in [0, 0.1) is 6.92 Å². The Kier molecular flexibility index (Phi) is 4.63. The Labute approximate surface area is 117 Å². The van der Waals surface area contributed by atoms with Crippen molar-refractivity contribution in [1.29, 1.82) is 0 Å². The van der Waals surface area contributed by atoms with Crippen LogP contribution in [-0.2, 0) is 11.4 Å². The van der Waals surface area contributed by atoms with Crippen molar-refractivity contribution in [2.75, 3.05) is 5.32 Å². The van der Waals surface area contributed by atoms with Crippen LogP contribution in [0.25, 0.3) is 6.08 Å². The molecule has 0 radical (unpaired) electrons. The number of aliphatic hydroxyl groups excluding tert-OH is 1. The van der Waals surface area contributed by atoms with Gasteiger partial charge in [0.25, 0.3) is 0 Å². The highest BCUT2D eigenvalue weighted by Crippen LogP contribution is 2.13. The molecule has 0 aliphatic carbocycles. The SMILES string of the molecule is Cc1cccc(/C=C/C(=O)Nc2cnccc2CO)c1. The predicted molar refractivity (Wildman–Crippen MR) is 79.0 cm³/mol. The molecule has 102 valence electrons. The maximum absolute atomic E-state index is 11.8. The maximum atomic E-state index is 11.8. The quantitative estimate of drug-likeness (QED) is 0.838. The first kappa shape index (κ1) is 14.0. The summed E-state index contributed by atoms with van der Waals surface area (Å²) in [7, 11) is 0. The number of aryl methyl sites for hydroxylation is 1. The number of carbonyl (C=O) groups is 1. The van der Waals surface area contributed by atoms with E-state index in [1.807, 2.05) is 31.2 Å². The Hall–Kier alpha value is -2.46. The standard InChI is InChI=1S/C16H16N2O2/c1-12-3-2-4-13(9-12)5-6-16(20)18-15-10-17-8-7-14(15)11-19/h2-10,19H,11H2,1H3,(H,18,20)/b6-5+.